The zero-order valence-electron chi connectivity index (χ0n) is 10.1. The Bertz CT molecular complexity index is 403. The van der Waals surface area contributed by atoms with Crippen molar-refractivity contribution in [3.63, 3.8) is 0 Å². The van der Waals surface area contributed by atoms with E-state index in [9.17, 15) is 13.2 Å². The summed E-state index contributed by atoms with van der Waals surface area (Å²) >= 11 is 0. The zero-order chi connectivity index (χ0) is 13.2. The smallest absolute Gasteiger partial charge is 0.381 e. The van der Waals surface area contributed by atoms with Gasteiger partial charge in [0.25, 0.3) is 0 Å². The van der Waals surface area contributed by atoms with Gasteiger partial charge >= 0.3 is 6.18 Å². The van der Waals surface area contributed by atoms with Crippen LogP contribution in [-0.4, -0.2) is 31.8 Å². The Morgan fingerprint density at radius 3 is 2.89 bits per heavy atom. The van der Waals surface area contributed by atoms with E-state index in [1.165, 1.54) is 6.20 Å². The van der Waals surface area contributed by atoms with Crippen LogP contribution in [0.25, 0.3) is 0 Å². The number of anilines is 1. The molecular formula is C12H15F3N2O. The van der Waals surface area contributed by atoms with Crippen LogP contribution in [0.5, 0.6) is 0 Å². The summed E-state index contributed by atoms with van der Waals surface area (Å²) in [4.78, 5) is 5.16. The molecule has 0 aliphatic carbocycles. The predicted molar refractivity (Wildman–Crippen MR) is 61.4 cm³/mol. The lowest BCUT2D eigenvalue weighted by molar-refractivity contribution is -0.141. The summed E-state index contributed by atoms with van der Waals surface area (Å²) in [6.45, 7) is 2.12. The minimum absolute atomic E-state index is 0.387. The molecule has 100 valence electrons. The standard InChI is InChI=1S/C12H15F3N2O/c1-17(7-9-3-5-18-8-9)10-2-4-16-11(6-10)12(13,14)15/h2,4,6,9H,3,5,7-8H2,1H3/t9-/m1/s1. The number of nitrogens with zero attached hydrogens (tertiary/aromatic N) is 2. The molecule has 6 heteroatoms. The summed E-state index contributed by atoms with van der Waals surface area (Å²) in [6.07, 6.45) is -2.24. The first-order valence-corrected chi connectivity index (χ1v) is 5.79. The third kappa shape index (κ3) is 3.13. The van der Waals surface area contributed by atoms with Crippen LogP contribution in [-0.2, 0) is 10.9 Å². The number of alkyl halides is 3. The molecule has 0 unspecified atom stereocenters. The summed E-state index contributed by atoms with van der Waals surface area (Å²) in [5.74, 6) is 0.387. The van der Waals surface area contributed by atoms with Gasteiger partial charge in [0.2, 0.25) is 0 Å². The fraction of sp³-hybridized carbons (Fsp3) is 0.583. The van der Waals surface area contributed by atoms with Gasteiger partial charge in [-0.1, -0.05) is 0 Å². The van der Waals surface area contributed by atoms with Crippen LogP contribution >= 0.6 is 0 Å². The first-order valence-electron chi connectivity index (χ1n) is 5.79. The Balaban J connectivity index is 2.07. The molecule has 0 radical (unpaired) electrons. The number of hydrogen-bond donors (Lipinski definition) is 0. The minimum Gasteiger partial charge on any atom is -0.381 e. The highest BCUT2D eigenvalue weighted by atomic mass is 19.4. The van der Waals surface area contributed by atoms with E-state index in [4.69, 9.17) is 4.74 Å². The Labute approximate surface area is 104 Å². The molecule has 1 aromatic rings. The topological polar surface area (TPSA) is 25.4 Å². The zero-order valence-corrected chi connectivity index (χ0v) is 10.1. The quantitative estimate of drug-likeness (QED) is 0.835. The molecular weight excluding hydrogens is 245 g/mol. The van der Waals surface area contributed by atoms with Crippen LogP contribution < -0.4 is 4.90 Å². The highest BCUT2D eigenvalue weighted by molar-refractivity contribution is 5.46. The second-order valence-corrected chi connectivity index (χ2v) is 4.51. The Morgan fingerprint density at radius 2 is 2.28 bits per heavy atom. The fourth-order valence-corrected chi connectivity index (χ4v) is 2.03. The summed E-state index contributed by atoms with van der Waals surface area (Å²) < 4.78 is 42.9. The lowest BCUT2D eigenvalue weighted by Crippen LogP contribution is -2.26. The monoisotopic (exact) mass is 260 g/mol. The Hall–Kier alpha value is -1.30. The van der Waals surface area contributed by atoms with Gasteiger partial charge in [0.1, 0.15) is 5.69 Å². The van der Waals surface area contributed by atoms with Gasteiger partial charge in [0, 0.05) is 38.0 Å². The maximum Gasteiger partial charge on any atom is 0.433 e. The number of rotatable bonds is 3. The molecule has 0 spiro atoms. The molecule has 1 aliphatic heterocycles. The molecule has 0 amide bonds. The lowest BCUT2D eigenvalue weighted by Gasteiger charge is -2.22. The number of ether oxygens (including phenoxy) is 1. The van der Waals surface area contributed by atoms with Gasteiger partial charge < -0.3 is 9.64 Å². The third-order valence-corrected chi connectivity index (χ3v) is 3.03. The van der Waals surface area contributed by atoms with Crippen molar-refractivity contribution in [2.24, 2.45) is 5.92 Å². The summed E-state index contributed by atoms with van der Waals surface area (Å²) in [7, 11) is 1.79. The van der Waals surface area contributed by atoms with Crippen molar-refractivity contribution in [1.82, 2.24) is 4.98 Å². The third-order valence-electron chi connectivity index (χ3n) is 3.03. The van der Waals surface area contributed by atoms with Gasteiger partial charge in [0.05, 0.1) is 6.61 Å². The van der Waals surface area contributed by atoms with Crippen LogP contribution in [0.4, 0.5) is 18.9 Å². The van der Waals surface area contributed by atoms with E-state index in [1.54, 1.807) is 13.1 Å². The summed E-state index contributed by atoms with van der Waals surface area (Å²) in [5.41, 5.74) is -0.321. The first-order chi connectivity index (χ1) is 8.47. The summed E-state index contributed by atoms with van der Waals surface area (Å²) in [6, 6.07) is 2.67. The maximum atomic E-state index is 12.5. The molecule has 3 nitrogen and oxygen atoms in total. The average Bonchev–Trinajstić information content (AvgIpc) is 2.81. The van der Waals surface area contributed by atoms with E-state index in [1.807, 2.05) is 4.90 Å². The maximum absolute atomic E-state index is 12.5. The highest BCUT2D eigenvalue weighted by Gasteiger charge is 2.32. The molecule has 0 aromatic carbocycles. The van der Waals surface area contributed by atoms with Gasteiger partial charge in [-0.05, 0) is 18.6 Å². The van der Waals surface area contributed by atoms with Gasteiger partial charge in [0.15, 0.2) is 0 Å². The van der Waals surface area contributed by atoms with Crippen molar-refractivity contribution < 1.29 is 17.9 Å². The second-order valence-electron chi connectivity index (χ2n) is 4.51. The Morgan fingerprint density at radius 1 is 1.50 bits per heavy atom. The molecule has 2 rings (SSSR count). The molecule has 1 aromatic heterocycles. The first kappa shape index (κ1) is 13.1. The minimum atomic E-state index is -4.40. The van der Waals surface area contributed by atoms with Crippen molar-refractivity contribution in [1.29, 1.82) is 0 Å². The molecule has 0 saturated carbocycles. The van der Waals surface area contributed by atoms with E-state index < -0.39 is 11.9 Å². The van der Waals surface area contributed by atoms with Crippen molar-refractivity contribution in [3.05, 3.63) is 24.0 Å². The normalized spacial score (nSPS) is 20.1. The van der Waals surface area contributed by atoms with Crippen LogP contribution in [0.1, 0.15) is 12.1 Å². The number of pyridine rings is 1. The molecule has 1 aliphatic rings. The van der Waals surface area contributed by atoms with Crippen molar-refractivity contribution in [3.8, 4) is 0 Å². The SMILES string of the molecule is CN(C[C@H]1CCOC1)c1ccnc(C(F)(F)F)c1. The van der Waals surface area contributed by atoms with Crippen LogP contribution in [0.3, 0.4) is 0 Å². The van der Waals surface area contributed by atoms with Crippen molar-refractivity contribution >= 4 is 5.69 Å². The molecule has 1 saturated heterocycles. The lowest BCUT2D eigenvalue weighted by atomic mass is 10.1. The van der Waals surface area contributed by atoms with E-state index in [-0.39, 0.29) is 0 Å². The second kappa shape index (κ2) is 5.14. The largest absolute Gasteiger partial charge is 0.433 e. The predicted octanol–water partition coefficient (Wildman–Crippen LogP) is 2.57. The number of aromatic nitrogens is 1. The Kier molecular flexibility index (Phi) is 3.75. The van der Waals surface area contributed by atoms with E-state index in [0.29, 0.717) is 24.8 Å². The molecule has 0 N–H and O–H groups in total. The van der Waals surface area contributed by atoms with Gasteiger partial charge in [-0.3, -0.25) is 4.98 Å². The van der Waals surface area contributed by atoms with Gasteiger partial charge in [-0.2, -0.15) is 13.2 Å². The molecule has 1 fully saturated rings. The number of hydrogen-bond acceptors (Lipinski definition) is 3. The van der Waals surface area contributed by atoms with Crippen LogP contribution in [0.2, 0.25) is 0 Å². The van der Waals surface area contributed by atoms with Crippen molar-refractivity contribution in [2.45, 2.75) is 12.6 Å². The van der Waals surface area contributed by atoms with E-state index in [2.05, 4.69) is 4.98 Å². The molecule has 18 heavy (non-hydrogen) atoms. The molecule has 1 atom stereocenters. The molecule has 0 bridgehead atoms. The van der Waals surface area contributed by atoms with Crippen molar-refractivity contribution in [2.75, 3.05) is 31.7 Å². The van der Waals surface area contributed by atoms with Crippen LogP contribution in [0.15, 0.2) is 18.3 Å². The highest BCUT2D eigenvalue weighted by Crippen LogP contribution is 2.30. The van der Waals surface area contributed by atoms with E-state index in [0.717, 1.165) is 19.1 Å². The summed E-state index contributed by atoms with van der Waals surface area (Å²) in [5, 5.41) is 0. The van der Waals surface area contributed by atoms with E-state index >= 15 is 0 Å². The molecule has 2 heterocycles. The average molecular weight is 260 g/mol. The fourth-order valence-electron chi connectivity index (χ4n) is 2.03. The number of halogens is 3. The van der Waals surface area contributed by atoms with Gasteiger partial charge in [-0.15, -0.1) is 0 Å². The van der Waals surface area contributed by atoms with Crippen LogP contribution in [0, 0.1) is 5.92 Å². The van der Waals surface area contributed by atoms with Gasteiger partial charge in [-0.25, -0.2) is 0 Å².